The third-order valence-electron chi connectivity index (χ3n) is 11.6. The van der Waals surface area contributed by atoms with Crippen LogP contribution in [0.1, 0.15) is 62.3 Å². The second kappa shape index (κ2) is 19.8. The number of unbranched alkanes of at least 4 members (excludes halogenated alkanes) is 2. The molecule has 11 heteroatoms. The van der Waals surface area contributed by atoms with E-state index in [9.17, 15) is 10.2 Å². The van der Waals surface area contributed by atoms with Crippen molar-refractivity contribution in [3.63, 3.8) is 0 Å². The molecule has 63 heavy (non-hydrogen) atoms. The maximum absolute atomic E-state index is 10.2. The molecule has 0 unspecified atom stereocenters. The summed E-state index contributed by atoms with van der Waals surface area (Å²) >= 11 is 0. The topological polar surface area (TPSA) is 110 Å². The Labute approximate surface area is 378 Å². The van der Waals surface area contributed by atoms with Crippen molar-refractivity contribution in [2.45, 2.75) is 65.7 Å². The normalized spacial score (nSPS) is 11.9. The van der Waals surface area contributed by atoms with Crippen LogP contribution in [-0.2, 0) is 43.2 Å². The van der Waals surface area contributed by atoms with E-state index in [0.29, 0.717) is 13.1 Å². The van der Waals surface area contributed by atoms with Crippen LogP contribution in [0.25, 0.3) is 91.4 Å². The van der Waals surface area contributed by atoms with E-state index in [2.05, 4.69) is 142 Å². The largest absolute Gasteiger partial charge is 2.00 e. The molecule has 7 aromatic rings. The first kappa shape index (κ1) is 43.3. The molecule has 0 spiro atoms. The van der Waals surface area contributed by atoms with Crippen LogP contribution in [-0.4, -0.2) is 33.4 Å². The number of hydrogen-bond acceptors (Lipinski definition) is 4. The number of pyridine rings is 4. The summed E-state index contributed by atoms with van der Waals surface area (Å²) in [5.41, 5.74) is 13.6. The van der Waals surface area contributed by atoms with Crippen molar-refractivity contribution >= 4 is 46.4 Å². The van der Waals surface area contributed by atoms with Crippen molar-refractivity contribution in [2.24, 2.45) is 0 Å². The molecule has 0 fully saturated rings. The van der Waals surface area contributed by atoms with Crippen molar-refractivity contribution in [1.82, 2.24) is 19.9 Å². The standard InChI is InChI=1S/C52H52N8O2.Mn/c1-3-5-27-57-29-11-7-15-45(57)49-37-19-20-38(53-37)50(46-16-8-12-30-58(46)28-6-4-2)40-22-24-42(55-40)52(48-18-10-14-32-60(48)34-36-62)44-26-25-43(56-44)51(41-23-21-39(49)54-41)47-17-9-13-31-59(47)33-35-61;/h7-26,29-32,61-62H,3-6,27-28,33-36H2,1-2H3;/q2*+2. The maximum Gasteiger partial charge on any atom is 2.00 e. The fraction of sp³-hybridized carbons (Fsp3) is 0.231. The Morgan fingerprint density at radius 3 is 0.968 bits per heavy atom. The number of aryl methyl sites for hydroxylation is 2. The molecule has 8 bridgehead atoms. The second-order valence-corrected chi connectivity index (χ2v) is 15.6. The Morgan fingerprint density at radius 1 is 0.413 bits per heavy atom. The van der Waals surface area contributed by atoms with Gasteiger partial charge in [-0.15, -0.1) is 22.1 Å². The molecule has 0 aromatic carbocycles. The molecule has 0 amide bonds. The van der Waals surface area contributed by atoms with Gasteiger partial charge in [0, 0.05) is 61.4 Å². The monoisotopic (exact) mass is 875 g/mol. The minimum Gasteiger partial charge on any atom is -0.656 e. The zero-order valence-electron chi connectivity index (χ0n) is 35.8. The minimum atomic E-state index is -0.0224. The van der Waals surface area contributed by atoms with Gasteiger partial charge in [0.2, 0.25) is 22.8 Å². The van der Waals surface area contributed by atoms with E-state index in [-0.39, 0.29) is 30.3 Å². The van der Waals surface area contributed by atoms with Gasteiger partial charge in [-0.05, 0) is 48.6 Å². The van der Waals surface area contributed by atoms with E-state index in [4.69, 9.17) is 19.9 Å². The van der Waals surface area contributed by atoms with Crippen LogP contribution in [0.4, 0.5) is 0 Å². The molecule has 315 valence electrons. The summed E-state index contributed by atoms with van der Waals surface area (Å²) in [7, 11) is 0. The third-order valence-corrected chi connectivity index (χ3v) is 11.6. The van der Waals surface area contributed by atoms with E-state index in [1.165, 1.54) is 0 Å². The number of hydrogen-bond donors (Lipinski definition) is 2. The van der Waals surface area contributed by atoms with E-state index in [0.717, 1.165) is 129 Å². The second-order valence-electron chi connectivity index (χ2n) is 15.6. The average Bonchev–Trinajstić information content (AvgIpc) is 4.15. The van der Waals surface area contributed by atoms with Gasteiger partial charge in [0.05, 0.1) is 45.0 Å². The van der Waals surface area contributed by atoms with Gasteiger partial charge in [0.15, 0.2) is 37.9 Å². The number of aliphatic hydroxyl groups is 2. The molecular weight excluding hydrogens is 824 g/mol. The Morgan fingerprint density at radius 2 is 0.698 bits per heavy atom. The number of nitrogens with zero attached hydrogens (tertiary/aromatic N) is 8. The summed E-state index contributed by atoms with van der Waals surface area (Å²) in [5, 5.41) is 20.4. The van der Waals surface area contributed by atoms with Gasteiger partial charge in [-0.1, -0.05) is 51.0 Å². The van der Waals surface area contributed by atoms with Crippen molar-refractivity contribution in [3.05, 3.63) is 145 Å². The summed E-state index contributed by atoms with van der Waals surface area (Å²) in [6, 6.07) is 33.2. The fourth-order valence-corrected chi connectivity index (χ4v) is 8.60. The van der Waals surface area contributed by atoms with Crippen LogP contribution in [0.2, 0.25) is 0 Å². The molecule has 9 heterocycles. The molecule has 2 aliphatic heterocycles. The summed E-state index contributed by atoms with van der Waals surface area (Å²) in [6.07, 6.45) is 20.8. The molecular formula is C52H52MnN8O2+4. The van der Waals surface area contributed by atoms with Crippen LogP contribution in [0.3, 0.4) is 0 Å². The van der Waals surface area contributed by atoms with E-state index >= 15 is 0 Å². The Bertz CT molecular complexity index is 2810. The molecule has 2 N–H and O–H groups in total. The van der Waals surface area contributed by atoms with Gasteiger partial charge in [-0.2, -0.15) is 18.3 Å². The van der Waals surface area contributed by atoms with E-state index in [1.807, 2.05) is 36.7 Å². The smallest absolute Gasteiger partial charge is 0.656 e. The van der Waals surface area contributed by atoms with Gasteiger partial charge in [-0.25, -0.2) is 9.97 Å². The first-order chi connectivity index (χ1) is 30.6. The Kier molecular flexibility index (Phi) is 13.6. The summed E-state index contributed by atoms with van der Waals surface area (Å²) in [6.45, 7) is 6.92. The van der Waals surface area contributed by atoms with Crippen molar-refractivity contribution in [1.29, 1.82) is 0 Å². The minimum absolute atomic E-state index is 0. The molecule has 2 aliphatic rings. The van der Waals surface area contributed by atoms with Crippen LogP contribution >= 0.6 is 0 Å². The Hall–Kier alpha value is -6.36. The molecule has 0 saturated heterocycles. The SMILES string of the molecule is CCCC[n+]1ccccc1-c1c2nc(c(-c3cccc[n+]3CCCC)c3ccc([n-]3)c(-c3cccc[n+]3CCO)c3nc(c(-c4cccc[n+]4CCO)c4ccc1[n-]4)C=C3)C=C2.[Mn+2]. The van der Waals surface area contributed by atoms with E-state index < -0.39 is 0 Å². The molecule has 10 nitrogen and oxygen atoms in total. The van der Waals surface area contributed by atoms with Crippen LogP contribution in [0.15, 0.2) is 122 Å². The van der Waals surface area contributed by atoms with Gasteiger partial charge in [-0.3, -0.25) is 0 Å². The van der Waals surface area contributed by atoms with Crippen LogP contribution < -0.4 is 28.2 Å². The van der Waals surface area contributed by atoms with Crippen LogP contribution in [0.5, 0.6) is 0 Å². The van der Waals surface area contributed by atoms with Crippen molar-refractivity contribution < 1.29 is 45.6 Å². The van der Waals surface area contributed by atoms with Crippen molar-refractivity contribution in [3.8, 4) is 45.0 Å². The first-order valence-electron chi connectivity index (χ1n) is 21.8. The number of aliphatic hydroxyl groups excluding tert-OH is 2. The molecule has 9 rings (SSSR count). The summed E-state index contributed by atoms with van der Waals surface area (Å²) in [5.74, 6) is 0. The number of rotatable bonds is 14. The third kappa shape index (κ3) is 8.70. The first-order valence-corrected chi connectivity index (χ1v) is 21.8. The average molecular weight is 876 g/mol. The zero-order valence-corrected chi connectivity index (χ0v) is 37.0. The summed E-state index contributed by atoms with van der Waals surface area (Å²) in [4.78, 5) is 22.0. The zero-order chi connectivity index (χ0) is 42.4. The quantitative estimate of drug-likeness (QED) is 0.0877. The number of aromatic nitrogens is 8. The van der Waals surface area contributed by atoms with Crippen molar-refractivity contribution in [2.75, 3.05) is 13.2 Å². The predicted molar refractivity (Wildman–Crippen MR) is 243 cm³/mol. The molecule has 0 saturated carbocycles. The van der Waals surface area contributed by atoms with Gasteiger partial charge >= 0.3 is 17.1 Å². The van der Waals surface area contributed by atoms with Gasteiger partial charge in [0.1, 0.15) is 26.3 Å². The molecule has 0 aliphatic carbocycles. The fourth-order valence-electron chi connectivity index (χ4n) is 8.60. The van der Waals surface area contributed by atoms with Gasteiger partial charge in [0.25, 0.3) is 0 Å². The molecule has 7 aromatic heterocycles. The Balaban J connectivity index is 0.00000544. The molecule has 1 radical (unpaired) electrons. The number of fused-ring (bicyclic) bond motifs is 8. The summed E-state index contributed by atoms with van der Waals surface area (Å²) < 4.78 is 8.74. The van der Waals surface area contributed by atoms with Crippen LogP contribution in [0, 0.1) is 0 Å². The maximum atomic E-state index is 10.2. The van der Waals surface area contributed by atoms with Gasteiger partial charge < -0.3 is 20.2 Å². The molecule has 0 atom stereocenters. The van der Waals surface area contributed by atoms with E-state index in [1.54, 1.807) is 0 Å². The predicted octanol–water partition coefficient (Wildman–Crippen LogP) is 7.31.